The molecule has 9 nitrogen and oxygen atoms in total. The second-order valence-electron chi connectivity index (χ2n) is 11.0. The molecule has 3 aliphatic heterocycles. The summed E-state index contributed by atoms with van der Waals surface area (Å²) in [5.74, 6) is -2.70. The van der Waals surface area contributed by atoms with E-state index < -0.39 is 18.0 Å². The summed E-state index contributed by atoms with van der Waals surface area (Å²) in [6.07, 6.45) is -0.886. The first-order valence-corrected chi connectivity index (χ1v) is 13.8. The first kappa shape index (κ1) is 26.8. The first-order valence-electron chi connectivity index (χ1n) is 13.8. The lowest BCUT2D eigenvalue weighted by atomic mass is 10.00. The van der Waals surface area contributed by atoms with Crippen LogP contribution in [0.15, 0.2) is 42.6 Å². The van der Waals surface area contributed by atoms with Crippen LogP contribution >= 0.6 is 0 Å². The van der Waals surface area contributed by atoms with Crippen molar-refractivity contribution in [3.05, 3.63) is 48.4 Å². The van der Waals surface area contributed by atoms with Crippen LogP contribution in [0.2, 0.25) is 0 Å². The van der Waals surface area contributed by atoms with E-state index in [2.05, 4.69) is 24.9 Å². The molecule has 0 unspecified atom stereocenters. The predicted octanol–water partition coefficient (Wildman–Crippen LogP) is 3.96. The van der Waals surface area contributed by atoms with Gasteiger partial charge in [0.05, 0.1) is 18.0 Å². The number of aliphatic hydroxyl groups excluding tert-OH is 1. The largest absolute Gasteiger partial charge is 0.491 e. The second kappa shape index (κ2) is 10.0. The number of carbonyl (C=O) groups excluding carboxylic acids is 1. The minimum atomic E-state index is -5.20. The minimum absolute atomic E-state index is 0.0104. The zero-order valence-corrected chi connectivity index (χ0v) is 22.2. The van der Waals surface area contributed by atoms with Crippen molar-refractivity contribution in [2.75, 3.05) is 36.0 Å². The number of hydrogen-bond donors (Lipinski definition) is 2. The number of ether oxygens (including phenoxy) is 1. The van der Waals surface area contributed by atoms with Gasteiger partial charge in [-0.2, -0.15) is 18.2 Å². The Kier molecular flexibility index (Phi) is 6.39. The summed E-state index contributed by atoms with van der Waals surface area (Å²) >= 11 is 0. The maximum absolute atomic E-state index is 16.6. The molecule has 3 aliphatic rings. The lowest BCUT2D eigenvalue weighted by molar-refractivity contribution is -0.189. The maximum atomic E-state index is 16.6. The van der Waals surface area contributed by atoms with Gasteiger partial charge in [-0.1, -0.05) is 24.3 Å². The average Bonchev–Trinajstić information content (AvgIpc) is 3.29. The molecule has 3 atom stereocenters. The van der Waals surface area contributed by atoms with Crippen molar-refractivity contribution in [1.82, 2.24) is 20.3 Å². The summed E-state index contributed by atoms with van der Waals surface area (Å²) in [5, 5.41) is 14.7. The van der Waals surface area contributed by atoms with Gasteiger partial charge in [-0.3, -0.25) is 4.98 Å². The number of alkyl halides is 3. The van der Waals surface area contributed by atoms with Crippen molar-refractivity contribution in [1.29, 1.82) is 0 Å². The second-order valence-corrected chi connectivity index (χ2v) is 11.0. The number of hydrogen-bond acceptors (Lipinski definition) is 9. The van der Waals surface area contributed by atoms with E-state index in [0.29, 0.717) is 47.6 Å². The van der Waals surface area contributed by atoms with Crippen molar-refractivity contribution in [3.63, 3.8) is 0 Å². The quantitative estimate of drug-likeness (QED) is 0.206. The lowest BCUT2D eigenvalue weighted by Crippen LogP contribution is -2.52. The molecule has 4 aromatic rings. The summed E-state index contributed by atoms with van der Waals surface area (Å²) in [6, 6.07) is 9.56. The fourth-order valence-corrected chi connectivity index (χ4v) is 6.15. The number of nitrogens with zero attached hydrogens (tertiary/aromatic N) is 5. The number of aliphatic hydroxyl groups is 1. The van der Waals surface area contributed by atoms with Gasteiger partial charge in [0.2, 0.25) is 5.95 Å². The molecule has 0 spiro atoms. The van der Waals surface area contributed by atoms with Crippen molar-refractivity contribution in [2.24, 2.45) is 0 Å². The molecule has 3 saturated heterocycles. The molecule has 0 amide bonds. The number of piperazine rings is 1. The Balaban J connectivity index is 1.39. The van der Waals surface area contributed by atoms with Crippen molar-refractivity contribution < 1.29 is 32.2 Å². The van der Waals surface area contributed by atoms with E-state index in [0.717, 1.165) is 19.3 Å². The van der Waals surface area contributed by atoms with Crippen LogP contribution in [-0.4, -0.2) is 76.6 Å². The topological polar surface area (TPSA) is 104 Å². The normalized spacial score (nSPS) is 22.1. The zero-order valence-electron chi connectivity index (χ0n) is 22.2. The van der Waals surface area contributed by atoms with E-state index >= 15 is 4.39 Å². The molecule has 42 heavy (non-hydrogen) atoms. The van der Waals surface area contributed by atoms with Gasteiger partial charge in [0, 0.05) is 43.5 Å². The van der Waals surface area contributed by atoms with Gasteiger partial charge in [-0.25, -0.2) is 14.2 Å². The van der Waals surface area contributed by atoms with Crippen LogP contribution in [0.3, 0.4) is 0 Å². The molecule has 218 valence electrons. The number of rotatable bonds is 5. The van der Waals surface area contributed by atoms with Gasteiger partial charge in [-0.05, 0) is 42.2 Å². The lowest BCUT2D eigenvalue weighted by Gasteiger charge is -2.41. The van der Waals surface area contributed by atoms with Crippen molar-refractivity contribution in [2.45, 2.75) is 43.6 Å². The Morgan fingerprint density at radius 3 is 2.52 bits per heavy atom. The standard InChI is InChI=1S/C29H26F4N6O3/c30-23-24(21-10-19(42-27(41)29(31,32)33)9-15-3-1-2-4-20(15)21)34-11-22-25(23)36-28(39-8-7-18(39)14-40)37-26(22)38-12-16-5-6-17(13-38)35-16/h1-4,9-11,16-18,35,40H,5-8,12-14H2/t16-,17+,18-/m0/s1. The summed E-state index contributed by atoms with van der Waals surface area (Å²) in [4.78, 5) is 29.4. The van der Waals surface area contributed by atoms with E-state index in [-0.39, 0.29) is 47.3 Å². The number of fused-ring (bicyclic) bond motifs is 4. The van der Waals surface area contributed by atoms with Gasteiger partial charge in [0.15, 0.2) is 5.82 Å². The summed E-state index contributed by atoms with van der Waals surface area (Å²) in [6.45, 7) is 1.89. The molecular weight excluding hydrogens is 556 g/mol. The van der Waals surface area contributed by atoms with Gasteiger partial charge in [0.1, 0.15) is 22.8 Å². The monoisotopic (exact) mass is 582 g/mol. The Morgan fingerprint density at radius 1 is 1.07 bits per heavy atom. The van der Waals surface area contributed by atoms with Gasteiger partial charge in [0.25, 0.3) is 0 Å². The molecular formula is C29H26F4N6O3. The molecule has 7 rings (SSSR count). The number of carbonyl (C=O) groups is 1. The van der Waals surface area contributed by atoms with E-state index in [4.69, 9.17) is 4.98 Å². The van der Waals surface area contributed by atoms with Crippen LogP contribution in [0.1, 0.15) is 19.3 Å². The first-order chi connectivity index (χ1) is 20.2. The Hall–Kier alpha value is -4.10. The summed E-state index contributed by atoms with van der Waals surface area (Å²) < 4.78 is 60.1. The molecule has 2 N–H and O–H groups in total. The number of anilines is 2. The molecule has 5 heterocycles. The molecule has 0 saturated carbocycles. The molecule has 0 radical (unpaired) electrons. The highest BCUT2D eigenvalue weighted by molar-refractivity contribution is 6.00. The van der Waals surface area contributed by atoms with E-state index in [9.17, 15) is 23.1 Å². The highest BCUT2D eigenvalue weighted by Crippen LogP contribution is 2.39. The van der Waals surface area contributed by atoms with Crippen LogP contribution in [0.5, 0.6) is 5.75 Å². The van der Waals surface area contributed by atoms with E-state index in [1.807, 2.05) is 4.90 Å². The third-order valence-electron chi connectivity index (χ3n) is 8.31. The molecule has 0 aliphatic carbocycles. The third kappa shape index (κ3) is 4.56. The fourth-order valence-electron chi connectivity index (χ4n) is 6.15. The third-order valence-corrected chi connectivity index (χ3v) is 8.31. The maximum Gasteiger partial charge on any atom is 0.491 e. The Labute approximate surface area is 237 Å². The highest BCUT2D eigenvalue weighted by atomic mass is 19.4. The van der Waals surface area contributed by atoms with Gasteiger partial charge < -0.3 is 25.0 Å². The Morgan fingerprint density at radius 2 is 1.83 bits per heavy atom. The molecule has 2 bridgehead atoms. The molecule has 13 heteroatoms. The number of benzene rings is 2. The van der Waals surface area contributed by atoms with Gasteiger partial charge >= 0.3 is 12.1 Å². The highest BCUT2D eigenvalue weighted by Gasteiger charge is 2.41. The van der Waals surface area contributed by atoms with Crippen LogP contribution in [0.4, 0.5) is 29.3 Å². The van der Waals surface area contributed by atoms with Crippen LogP contribution in [0.25, 0.3) is 32.9 Å². The number of nitrogens with one attached hydrogen (secondary N) is 1. The van der Waals surface area contributed by atoms with E-state index in [1.54, 1.807) is 24.3 Å². The number of esters is 1. The summed E-state index contributed by atoms with van der Waals surface area (Å²) in [7, 11) is 0. The van der Waals surface area contributed by atoms with Crippen molar-refractivity contribution >= 4 is 39.4 Å². The Bertz CT molecular complexity index is 1700. The number of aromatic nitrogens is 3. The SMILES string of the molecule is O=C(Oc1cc(-c2ncc3c(N4C[C@H]5CC[C@@H](C4)N5)nc(N4CC[C@H]4CO)nc3c2F)c2ccccc2c1)C(F)(F)F. The molecule has 2 aromatic heterocycles. The number of pyridine rings is 1. The van der Waals surface area contributed by atoms with Crippen LogP contribution < -0.4 is 19.9 Å². The minimum Gasteiger partial charge on any atom is -0.420 e. The van der Waals surface area contributed by atoms with Crippen LogP contribution in [-0.2, 0) is 4.79 Å². The molecule has 3 fully saturated rings. The zero-order chi connectivity index (χ0) is 29.2. The predicted molar refractivity (Wildman–Crippen MR) is 147 cm³/mol. The number of halogens is 4. The van der Waals surface area contributed by atoms with Crippen LogP contribution in [0, 0.1) is 5.82 Å². The van der Waals surface area contributed by atoms with Gasteiger partial charge in [-0.15, -0.1) is 0 Å². The molecule has 2 aromatic carbocycles. The summed E-state index contributed by atoms with van der Waals surface area (Å²) in [5.41, 5.74) is 0.00901. The fraction of sp³-hybridized carbons (Fsp3) is 0.379. The van der Waals surface area contributed by atoms with E-state index in [1.165, 1.54) is 18.3 Å². The average molecular weight is 583 g/mol. The smallest absolute Gasteiger partial charge is 0.420 e. The van der Waals surface area contributed by atoms with Crippen molar-refractivity contribution in [3.8, 4) is 17.0 Å².